The third-order valence-electron chi connectivity index (χ3n) is 17.0. The smallest absolute Gasteiger partial charge is 0.165 e. The van der Waals surface area contributed by atoms with E-state index in [1.165, 1.54) is 44.5 Å². The van der Waals surface area contributed by atoms with Gasteiger partial charge in [0.05, 0.1) is 0 Å². The molecule has 8 nitrogen and oxygen atoms in total. The van der Waals surface area contributed by atoms with Gasteiger partial charge in [-0.2, -0.15) is 0 Å². The number of nitrogens with one attached hydrogen (secondary N) is 2. The molecule has 0 amide bonds. The van der Waals surface area contributed by atoms with Crippen molar-refractivity contribution in [2.75, 3.05) is 0 Å². The van der Waals surface area contributed by atoms with E-state index in [2.05, 4.69) is 169 Å². The Morgan fingerprint density at radius 1 is 0.237 bits per heavy atom. The van der Waals surface area contributed by atoms with Crippen molar-refractivity contribution in [1.82, 2.24) is 39.9 Å². The van der Waals surface area contributed by atoms with Gasteiger partial charge in [0.2, 0.25) is 0 Å². The number of benzene rings is 4. The predicted octanol–water partition coefficient (Wildman–Crippen LogP) is 19.6. The van der Waals surface area contributed by atoms with Gasteiger partial charge in [-0.3, -0.25) is 0 Å². The molecule has 8 heteroatoms. The molecule has 0 saturated heterocycles. The zero-order valence-corrected chi connectivity index (χ0v) is 52.2. The average molecular weight is 1080 g/mol. The highest BCUT2D eigenvalue weighted by Gasteiger charge is 2.30. The first-order valence-electron chi connectivity index (χ1n) is 31.7. The van der Waals surface area contributed by atoms with E-state index in [4.69, 9.17) is 29.9 Å². The van der Waals surface area contributed by atoms with Crippen LogP contribution in [0.15, 0.2) is 48.5 Å². The van der Waals surface area contributed by atoms with Gasteiger partial charge in [0.25, 0.3) is 0 Å². The summed E-state index contributed by atoms with van der Waals surface area (Å²) in [5.74, 6) is 7.25. The molecule has 0 aliphatic carbocycles. The molecular weight excluding hydrogens is 977 g/mol. The Labute approximate surface area is 481 Å². The van der Waals surface area contributed by atoms with E-state index < -0.39 is 0 Å². The van der Waals surface area contributed by atoms with Crippen LogP contribution >= 0.6 is 0 Å². The molecular formula is C72H98N8. The van der Waals surface area contributed by atoms with Gasteiger partial charge in [0, 0.05) is 43.8 Å². The number of hydrogen-bond acceptors (Lipinski definition) is 6. The van der Waals surface area contributed by atoms with Gasteiger partial charge < -0.3 is 9.97 Å². The van der Waals surface area contributed by atoms with Crippen LogP contribution < -0.4 is 0 Å². The SMILES string of the molecule is CC(C)CCc1ccc(CCC(C)C)c2c1-c1nc-2nc2[nH]c(nc3nc(nc4[nH]c(n1)c1c(CCC(C)C)ccc(CCC(C)C)c41)-c1c(CCC(C)C)ccc(CCC(C)C)c1-3)c1c(CCC(C)C)ccc(CCC(C)C)c21. The Balaban J connectivity index is 1.54. The lowest BCUT2D eigenvalue weighted by atomic mass is 9.89. The summed E-state index contributed by atoms with van der Waals surface area (Å²) in [5, 5.41) is 4.63. The monoisotopic (exact) mass is 1070 g/mol. The van der Waals surface area contributed by atoms with Crippen LogP contribution in [0.1, 0.15) is 207 Å². The maximum atomic E-state index is 5.91. The normalized spacial score (nSPS) is 12.7. The van der Waals surface area contributed by atoms with Crippen LogP contribution in [0, 0.1) is 47.3 Å². The Morgan fingerprint density at radius 2 is 0.400 bits per heavy atom. The highest BCUT2D eigenvalue weighted by Crippen LogP contribution is 2.45. The molecule has 426 valence electrons. The molecule has 4 aromatic carbocycles. The second kappa shape index (κ2) is 25.6. The van der Waals surface area contributed by atoms with Gasteiger partial charge in [0.1, 0.15) is 22.6 Å². The van der Waals surface area contributed by atoms with E-state index in [0.717, 1.165) is 192 Å². The van der Waals surface area contributed by atoms with Crippen LogP contribution in [0.25, 0.3) is 89.7 Å². The Hall–Kier alpha value is -5.76. The fourth-order valence-corrected chi connectivity index (χ4v) is 12.1. The van der Waals surface area contributed by atoms with E-state index >= 15 is 0 Å². The summed E-state index contributed by atoms with van der Waals surface area (Å²) >= 11 is 0. The van der Waals surface area contributed by atoms with Gasteiger partial charge in [-0.15, -0.1) is 0 Å². The number of aromatic amines is 2. The van der Waals surface area contributed by atoms with Crippen molar-refractivity contribution < 1.29 is 0 Å². The van der Waals surface area contributed by atoms with Gasteiger partial charge >= 0.3 is 0 Å². The fourth-order valence-electron chi connectivity index (χ4n) is 12.1. The van der Waals surface area contributed by atoms with E-state index in [9.17, 15) is 0 Å². The summed E-state index contributed by atoms with van der Waals surface area (Å²) in [4.78, 5) is 43.1. The first-order chi connectivity index (χ1) is 38.2. The molecule has 80 heavy (non-hydrogen) atoms. The molecule has 2 aliphatic rings. The second-order valence-corrected chi connectivity index (χ2v) is 27.6. The summed E-state index contributed by atoms with van der Waals surface area (Å²) in [6.45, 7) is 37.4. The van der Waals surface area contributed by atoms with Gasteiger partial charge in [-0.05, 0) is 195 Å². The zero-order chi connectivity index (χ0) is 57.1. The fraction of sp³-hybridized carbons (Fsp3) is 0.556. The maximum absolute atomic E-state index is 5.91. The van der Waals surface area contributed by atoms with Crippen molar-refractivity contribution in [1.29, 1.82) is 0 Å². The quantitative estimate of drug-likeness (QED) is 0.0624. The van der Waals surface area contributed by atoms with E-state index in [0.29, 0.717) is 47.3 Å². The summed E-state index contributed by atoms with van der Waals surface area (Å²) < 4.78 is 0. The topological polar surface area (TPSA) is 109 Å². The van der Waals surface area contributed by atoms with Crippen molar-refractivity contribution in [2.24, 2.45) is 47.3 Å². The molecule has 2 aliphatic heterocycles. The Morgan fingerprint density at radius 3 is 0.575 bits per heavy atom. The minimum Gasteiger partial charge on any atom is -0.324 e. The van der Waals surface area contributed by atoms with Crippen LogP contribution in [0.4, 0.5) is 0 Å². The lowest BCUT2D eigenvalue weighted by Crippen LogP contribution is -2.00. The standard InChI is InChI=1S/C72H98N8/c1-41(2)17-25-49-33-34-50(26-18-42(3)4)58-57(49)65-73-66(58)78-68-61-53(29-21-45(9)10)37-38-54(30-22-46(11)12)62(61)70(75-68)80-72-64-56(32-24-48(15)16)40-39-55(31-23-47(13)14)63(64)71(76-72)79-69-60-52(28-20-44(7)8)36-35-51(27-19-43(5)6)59(60)67(74-69)77-65/h33-48H,17-32H2,1-16H3,(H2,73,74,75,76,77,78,79,80). The zero-order valence-electron chi connectivity index (χ0n) is 52.2. The van der Waals surface area contributed by atoms with Crippen molar-refractivity contribution >= 4 is 44.1 Å². The van der Waals surface area contributed by atoms with Crippen LogP contribution in [0.5, 0.6) is 0 Å². The van der Waals surface area contributed by atoms with Gasteiger partial charge in [0.15, 0.2) is 23.3 Å². The number of rotatable bonds is 24. The number of aryl methyl sites for hydroxylation is 8. The highest BCUT2D eigenvalue weighted by atomic mass is 15.1. The molecule has 2 N–H and O–H groups in total. The first-order valence-corrected chi connectivity index (χ1v) is 31.7. The molecule has 0 spiro atoms. The molecule has 0 fully saturated rings. The average Bonchev–Trinajstić information content (AvgIpc) is 4.15. The molecule has 7 aromatic rings. The van der Waals surface area contributed by atoms with Crippen LogP contribution in [-0.4, -0.2) is 39.9 Å². The molecule has 0 atom stereocenters. The number of aromatic nitrogens is 8. The van der Waals surface area contributed by atoms with E-state index in [-0.39, 0.29) is 0 Å². The van der Waals surface area contributed by atoms with Gasteiger partial charge in [-0.1, -0.05) is 159 Å². The maximum Gasteiger partial charge on any atom is 0.165 e. The predicted molar refractivity (Wildman–Crippen MR) is 341 cm³/mol. The highest BCUT2D eigenvalue weighted by molar-refractivity contribution is 6.10. The lowest BCUT2D eigenvalue weighted by molar-refractivity contribution is 0.584. The largest absolute Gasteiger partial charge is 0.324 e. The summed E-state index contributed by atoms with van der Waals surface area (Å²) in [6, 6.07) is 19.1. The second-order valence-electron chi connectivity index (χ2n) is 27.6. The van der Waals surface area contributed by atoms with Gasteiger partial charge in [-0.25, -0.2) is 29.9 Å². The molecule has 8 bridgehead atoms. The number of H-pyrrole nitrogens is 2. The number of fused-ring (bicyclic) bond motifs is 20. The molecule has 9 rings (SSSR count). The van der Waals surface area contributed by atoms with Crippen LogP contribution in [0.2, 0.25) is 0 Å². The lowest BCUT2D eigenvalue weighted by Gasteiger charge is -2.15. The Kier molecular flexibility index (Phi) is 18.8. The van der Waals surface area contributed by atoms with E-state index in [1.54, 1.807) is 0 Å². The molecule has 5 heterocycles. The van der Waals surface area contributed by atoms with Crippen molar-refractivity contribution in [3.05, 3.63) is 93.0 Å². The Bertz CT molecular complexity index is 3040. The number of hydrogen-bond donors (Lipinski definition) is 2. The van der Waals surface area contributed by atoms with Crippen molar-refractivity contribution in [3.63, 3.8) is 0 Å². The molecule has 0 unspecified atom stereocenters. The van der Waals surface area contributed by atoms with Crippen LogP contribution in [0.3, 0.4) is 0 Å². The summed E-state index contributed by atoms with van der Waals surface area (Å²) in [5.41, 5.74) is 18.1. The summed E-state index contributed by atoms with van der Waals surface area (Å²) in [6.07, 6.45) is 16.0. The molecule has 0 radical (unpaired) electrons. The minimum absolute atomic E-state index is 0.539. The third kappa shape index (κ3) is 13.3. The van der Waals surface area contributed by atoms with E-state index in [1.807, 2.05) is 0 Å². The van der Waals surface area contributed by atoms with Crippen molar-refractivity contribution in [2.45, 2.75) is 214 Å². The molecule has 0 saturated carbocycles. The number of nitrogens with zero attached hydrogens (tertiary/aromatic N) is 6. The first kappa shape index (κ1) is 58.9. The third-order valence-corrected chi connectivity index (χ3v) is 17.0. The minimum atomic E-state index is 0.539. The summed E-state index contributed by atoms with van der Waals surface area (Å²) in [7, 11) is 0. The molecule has 3 aromatic heterocycles. The van der Waals surface area contributed by atoms with Crippen LogP contribution in [-0.2, 0) is 51.4 Å². The van der Waals surface area contributed by atoms with Crippen molar-refractivity contribution in [3.8, 4) is 45.6 Å².